The van der Waals surface area contributed by atoms with E-state index in [1.165, 1.54) is 50.2 Å². The molecule has 2 aliphatic heterocycles. The smallest absolute Gasteiger partial charge is 0.0579 e. The van der Waals surface area contributed by atoms with Crippen molar-refractivity contribution in [2.24, 2.45) is 0 Å². The summed E-state index contributed by atoms with van der Waals surface area (Å²) in [5.41, 5.74) is 16.6. The van der Waals surface area contributed by atoms with E-state index in [2.05, 4.69) is 232 Å². The molecule has 0 radical (unpaired) electrons. The molecule has 6 aromatic carbocycles. The van der Waals surface area contributed by atoms with Crippen molar-refractivity contribution in [2.45, 2.75) is 78.1 Å². The van der Waals surface area contributed by atoms with Gasteiger partial charge in [0.25, 0.3) is 0 Å². The predicted molar refractivity (Wildman–Crippen MR) is 266 cm³/mol. The fourth-order valence-corrected chi connectivity index (χ4v) is 10.6. The number of imidazole rings is 1. The van der Waals surface area contributed by atoms with Crippen LogP contribution in [0.25, 0.3) is 61.1 Å². The number of nitrogens with zero attached hydrogens (tertiary/aromatic N) is 4. The summed E-state index contributed by atoms with van der Waals surface area (Å²) < 4.78 is 14.8. The fraction of sp³-hybridized carbons (Fsp3) is 0.200. The van der Waals surface area contributed by atoms with Crippen LogP contribution in [0.4, 0.5) is 0 Å². The summed E-state index contributed by atoms with van der Waals surface area (Å²) in [6, 6.07) is 60.1. The summed E-state index contributed by atoms with van der Waals surface area (Å²) in [7, 11) is 0. The van der Waals surface area contributed by atoms with Crippen molar-refractivity contribution in [3.8, 4) is 45.3 Å². The van der Waals surface area contributed by atoms with Crippen molar-refractivity contribution in [3.63, 3.8) is 0 Å². The van der Waals surface area contributed by atoms with Gasteiger partial charge in [-0.2, -0.15) is 0 Å². The van der Waals surface area contributed by atoms with Gasteiger partial charge in [0.15, 0.2) is 0 Å². The zero-order chi connectivity index (χ0) is 45.3. The minimum Gasteiger partial charge on any atom is -0.0579 e. The van der Waals surface area contributed by atoms with E-state index in [1.54, 1.807) is 0 Å². The first-order valence-electron chi connectivity index (χ1n) is 23.0. The van der Waals surface area contributed by atoms with E-state index in [4.69, 9.17) is 9.72 Å². The maximum atomic E-state index is 6.74. The van der Waals surface area contributed by atoms with Crippen molar-refractivity contribution < 1.29 is 24.1 Å². The molecule has 0 fully saturated rings. The van der Waals surface area contributed by atoms with Crippen LogP contribution in [0, 0.1) is 15.9 Å². The number of aromatic nitrogens is 4. The second-order valence-corrected chi connectivity index (χ2v) is 20.8. The molecule has 2 aliphatic carbocycles. The summed E-state index contributed by atoms with van der Waals surface area (Å²) in [4.78, 5) is 5.25. The van der Waals surface area contributed by atoms with Gasteiger partial charge in [0, 0.05) is 11.8 Å². The molecular formula is C60H52N4OPt-2. The summed E-state index contributed by atoms with van der Waals surface area (Å²) in [6.45, 7) is 13.6. The molecule has 0 unspecified atom stereocenters. The Kier molecular flexibility index (Phi) is 10.5. The molecule has 66 heavy (non-hydrogen) atoms. The maximum absolute atomic E-state index is 6.74. The third kappa shape index (κ3) is 7.77. The van der Waals surface area contributed by atoms with Gasteiger partial charge < -0.3 is 0 Å². The van der Waals surface area contributed by atoms with Crippen LogP contribution < -0.4 is 4.74 Å². The second kappa shape index (κ2) is 16.4. The first kappa shape index (κ1) is 42.1. The van der Waals surface area contributed by atoms with Gasteiger partial charge in [-0.3, -0.25) is 0 Å². The van der Waals surface area contributed by atoms with Gasteiger partial charge in [-0.15, -0.1) is 0 Å². The number of fused-ring (bicyclic) bond motifs is 3. The number of aryl methyl sites for hydroxylation is 4. The Morgan fingerprint density at radius 3 is 2.06 bits per heavy atom. The molecule has 0 atom stereocenters. The Hall–Kier alpha value is -6.55. The molecule has 4 bridgehead atoms. The molecule has 0 saturated carbocycles. The average molecular weight is 1040 g/mol. The summed E-state index contributed by atoms with van der Waals surface area (Å²) >= 11 is 2.48. The van der Waals surface area contributed by atoms with Crippen LogP contribution in [-0.4, -0.2) is 18.5 Å². The number of ether oxygens (including phenoxy) is 1. The first-order valence-corrected chi connectivity index (χ1v) is 24.2. The Bertz CT molecular complexity index is 3520. The van der Waals surface area contributed by atoms with Crippen LogP contribution in [0.5, 0.6) is 11.5 Å². The van der Waals surface area contributed by atoms with E-state index in [0.29, 0.717) is 11.5 Å². The molecule has 4 aliphatic rings. The summed E-state index contributed by atoms with van der Waals surface area (Å²) in [6.07, 6.45) is 8.27. The van der Waals surface area contributed by atoms with E-state index in [9.17, 15) is 0 Å². The van der Waals surface area contributed by atoms with E-state index in [1.807, 2.05) is 12.1 Å². The summed E-state index contributed by atoms with van der Waals surface area (Å²) in [5, 5.41) is 2.21. The molecule has 0 amide bonds. The van der Waals surface area contributed by atoms with E-state index in [-0.39, 0.29) is 10.8 Å². The number of pyridine rings is 2. The van der Waals surface area contributed by atoms with Gasteiger partial charge in [0.2, 0.25) is 0 Å². The Morgan fingerprint density at radius 1 is 0.591 bits per heavy atom. The van der Waals surface area contributed by atoms with Crippen LogP contribution in [0.15, 0.2) is 158 Å². The van der Waals surface area contributed by atoms with Crippen molar-refractivity contribution in [3.05, 3.63) is 207 Å². The molecule has 0 saturated heterocycles. The molecule has 330 valence electrons. The van der Waals surface area contributed by atoms with Gasteiger partial charge in [-0.1, -0.05) is 102 Å². The van der Waals surface area contributed by atoms with Crippen LogP contribution in [0.1, 0.15) is 75.1 Å². The number of rotatable bonds is 6. The Labute approximate surface area is 398 Å². The van der Waals surface area contributed by atoms with Crippen molar-refractivity contribution in [1.82, 2.24) is 18.5 Å². The van der Waals surface area contributed by atoms with Gasteiger partial charge in [-0.05, 0) is 38.6 Å². The van der Waals surface area contributed by atoms with Gasteiger partial charge >= 0.3 is 248 Å². The topological polar surface area (TPSA) is 36.4 Å². The Balaban J connectivity index is 1.00. The molecule has 0 N–H and O–H groups in total. The molecular weight excluding hydrogens is 988 g/mol. The third-order valence-electron chi connectivity index (χ3n) is 13.3. The van der Waals surface area contributed by atoms with Crippen molar-refractivity contribution in [1.29, 1.82) is 0 Å². The van der Waals surface area contributed by atoms with Gasteiger partial charge in [0.1, 0.15) is 0 Å². The van der Waals surface area contributed by atoms with E-state index < -0.39 is 0 Å². The minimum absolute atomic E-state index is 0.0765. The third-order valence-corrected chi connectivity index (χ3v) is 14.3. The van der Waals surface area contributed by atoms with Crippen LogP contribution in [0.2, 0.25) is 0 Å². The number of hydrogen-bond acceptors (Lipinski definition) is 2. The number of hydrogen-bond donors (Lipinski definition) is 0. The van der Waals surface area contributed by atoms with Crippen LogP contribution >= 0.6 is 0 Å². The fourth-order valence-electron chi connectivity index (χ4n) is 9.62. The average Bonchev–Trinajstić information content (AvgIpc) is 3.84. The predicted octanol–water partition coefficient (Wildman–Crippen LogP) is 14.5. The van der Waals surface area contributed by atoms with Crippen LogP contribution in [0.3, 0.4) is 0 Å². The van der Waals surface area contributed by atoms with Crippen molar-refractivity contribution >= 4 is 27.3 Å². The molecule has 4 aromatic heterocycles. The molecule has 6 heterocycles. The Morgan fingerprint density at radius 2 is 1.32 bits per heavy atom. The first-order chi connectivity index (χ1) is 31.9. The second-order valence-electron chi connectivity index (χ2n) is 19.8. The molecule has 6 heteroatoms. The molecule has 5 nitrogen and oxygen atoms in total. The SMILES string of the molecule is CC(C)(C)c1ccc(-c2cnc(-n3c4[c-]c(Oc5[c-]c(-n6cc7c8ccc(n7[c]6=[Pt])CCc6ccc(cc6)CC8)ccc5)ccc4c4cc(-c5ccccc5)ccc43)cc2C(C)(C)C)cc1. The van der Waals surface area contributed by atoms with E-state index >= 15 is 0 Å². The van der Waals surface area contributed by atoms with Gasteiger partial charge in [0.05, 0.1) is 0 Å². The molecule has 0 spiro atoms. The monoisotopic (exact) mass is 1040 g/mol. The molecule has 14 rings (SSSR count). The minimum atomic E-state index is -0.154. The zero-order valence-electron chi connectivity index (χ0n) is 38.4. The van der Waals surface area contributed by atoms with E-state index in [0.717, 1.165) is 73.9 Å². The number of benzene rings is 6. The van der Waals surface area contributed by atoms with Crippen LogP contribution in [-0.2, 0) is 55.9 Å². The van der Waals surface area contributed by atoms with Gasteiger partial charge in [-0.25, -0.2) is 0 Å². The zero-order valence-corrected chi connectivity index (χ0v) is 40.6. The molecule has 10 aromatic rings. The summed E-state index contributed by atoms with van der Waals surface area (Å²) in [5.74, 6) is 2.08. The van der Waals surface area contributed by atoms with Crippen molar-refractivity contribution in [2.75, 3.05) is 0 Å². The normalized spacial score (nSPS) is 13.2. The quantitative estimate of drug-likeness (QED) is 0.156. The standard InChI is InChI=1S/C60H52N4O.Pt/c1-59(2,3)46-26-22-43(23-27-46)53-37-61-58(36-54(53)60(4,5)6)64-55-32-25-45(42-11-8-7-9-12-42)33-52(55)51-31-30-50(35-56(51)64)65-49-14-10-13-48(34-49)62-38-57-44-21-19-40-15-17-41(18-16-40)20-28-47(29-24-44)63(57)39-62;/h7-18,22-27,29-33,36-38H,19-21,28H2,1-6H3;/q-2;.